The van der Waals surface area contributed by atoms with E-state index in [0.29, 0.717) is 11.8 Å². The van der Waals surface area contributed by atoms with Gasteiger partial charge in [-0.25, -0.2) is 0 Å². The van der Waals surface area contributed by atoms with Crippen LogP contribution in [0.3, 0.4) is 0 Å². The SMILES string of the molecule is CC1(C)C(C(O)C2CCOC3(CCCCC3)C2)C1(C)C. The Bertz CT molecular complexity index is 346. The first kappa shape index (κ1) is 14.8. The monoisotopic (exact) mass is 280 g/mol. The van der Waals surface area contributed by atoms with Gasteiger partial charge in [0.15, 0.2) is 0 Å². The molecule has 0 radical (unpaired) electrons. The molecular weight excluding hydrogens is 248 g/mol. The highest BCUT2D eigenvalue weighted by molar-refractivity contribution is 5.16. The zero-order valence-corrected chi connectivity index (χ0v) is 13.7. The Balaban J connectivity index is 1.68. The van der Waals surface area contributed by atoms with Crippen molar-refractivity contribution in [2.75, 3.05) is 6.61 Å². The Morgan fingerprint density at radius 2 is 1.60 bits per heavy atom. The molecule has 0 aromatic rings. The van der Waals surface area contributed by atoms with Gasteiger partial charge in [0.1, 0.15) is 0 Å². The molecule has 0 amide bonds. The van der Waals surface area contributed by atoms with E-state index in [9.17, 15) is 5.11 Å². The molecule has 2 heteroatoms. The molecule has 2 atom stereocenters. The number of aliphatic hydroxyl groups is 1. The number of aliphatic hydroxyl groups excluding tert-OH is 1. The lowest BCUT2D eigenvalue weighted by molar-refractivity contribution is -0.137. The van der Waals surface area contributed by atoms with Gasteiger partial charge in [0.2, 0.25) is 0 Å². The van der Waals surface area contributed by atoms with Crippen LogP contribution >= 0.6 is 0 Å². The van der Waals surface area contributed by atoms with Gasteiger partial charge in [-0.05, 0) is 48.3 Å². The van der Waals surface area contributed by atoms with E-state index in [1.165, 1.54) is 32.1 Å². The van der Waals surface area contributed by atoms with E-state index in [1.54, 1.807) is 0 Å². The van der Waals surface area contributed by atoms with E-state index in [-0.39, 0.29) is 22.5 Å². The van der Waals surface area contributed by atoms with Crippen molar-refractivity contribution in [1.29, 1.82) is 0 Å². The molecule has 3 rings (SSSR count). The van der Waals surface area contributed by atoms with Gasteiger partial charge in [-0.1, -0.05) is 47.0 Å². The first-order valence-electron chi connectivity index (χ1n) is 8.62. The maximum atomic E-state index is 10.9. The molecule has 3 fully saturated rings. The molecule has 1 N–H and O–H groups in total. The van der Waals surface area contributed by atoms with Crippen molar-refractivity contribution >= 4 is 0 Å². The fraction of sp³-hybridized carbons (Fsp3) is 1.00. The summed E-state index contributed by atoms with van der Waals surface area (Å²) in [6.45, 7) is 10.1. The van der Waals surface area contributed by atoms with Crippen LogP contribution in [0.25, 0.3) is 0 Å². The minimum Gasteiger partial charge on any atom is -0.393 e. The van der Waals surface area contributed by atoms with Gasteiger partial charge in [0.05, 0.1) is 11.7 Å². The standard InChI is InChI=1S/C18H32O2/c1-16(2)15(17(16,3)4)14(19)13-8-11-20-18(12-13)9-6-5-7-10-18/h13-15,19H,5-12H2,1-4H3. The summed E-state index contributed by atoms with van der Waals surface area (Å²) in [5.41, 5.74) is 0.681. The van der Waals surface area contributed by atoms with Crippen LogP contribution in [0, 0.1) is 22.7 Å². The first-order chi connectivity index (χ1) is 9.30. The summed E-state index contributed by atoms with van der Waals surface area (Å²) < 4.78 is 6.18. The highest BCUT2D eigenvalue weighted by Crippen LogP contribution is 2.70. The van der Waals surface area contributed by atoms with E-state index >= 15 is 0 Å². The molecule has 1 heterocycles. The Labute approximate surface area is 124 Å². The van der Waals surface area contributed by atoms with Crippen LogP contribution in [0.5, 0.6) is 0 Å². The molecule has 2 aliphatic carbocycles. The minimum absolute atomic E-state index is 0.116. The van der Waals surface area contributed by atoms with E-state index in [1.807, 2.05) is 0 Å². The summed E-state index contributed by atoms with van der Waals surface area (Å²) >= 11 is 0. The molecule has 1 aliphatic heterocycles. The highest BCUT2D eigenvalue weighted by atomic mass is 16.5. The van der Waals surface area contributed by atoms with Crippen LogP contribution in [-0.2, 0) is 4.74 Å². The van der Waals surface area contributed by atoms with Crippen molar-refractivity contribution in [2.45, 2.75) is 84.3 Å². The van der Waals surface area contributed by atoms with E-state index < -0.39 is 0 Å². The van der Waals surface area contributed by atoms with Crippen LogP contribution in [0.1, 0.15) is 72.6 Å². The largest absolute Gasteiger partial charge is 0.393 e. The molecule has 2 unspecified atom stereocenters. The van der Waals surface area contributed by atoms with E-state index in [2.05, 4.69) is 27.7 Å². The maximum Gasteiger partial charge on any atom is 0.0686 e. The average Bonchev–Trinajstić information content (AvgIpc) is 2.80. The number of hydrogen-bond acceptors (Lipinski definition) is 2. The predicted octanol–water partition coefficient (Wildman–Crippen LogP) is 4.16. The van der Waals surface area contributed by atoms with Crippen molar-refractivity contribution in [3.05, 3.63) is 0 Å². The molecule has 20 heavy (non-hydrogen) atoms. The second-order valence-corrected chi connectivity index (χ2v) is 8.76. The molecule has 116 valence electrons. The minimum atomic E-state index is -0.136. The molecule has 1 saturated heterocycles. The summed E-state index contributed by atoms with van der Waals surface area (Å²) in [6, 6.07) is 0. The summed E-state index contributed by atoms with van der Waals surface area (Å²) in [7, 11) is 0. The highest BCUT2D eigenvalue weighted by Gasteiger charge is 2.68. The molecule has 1 spiro atoms. The fourth-order valence-corrected chi connectivity index (χ4v) is 5.28. The molecule has 0 bridgehead atoms. The normalized spacial score (nSPS) is 36.8. The lowest BCUT2D eigenvalue weighted by atomic mass is 9.73. The lowest BCUT2D eigenvalue weighted by Crippen LogP contribution is -2.45. The molecule has 2 saturated carbocycles. The van der Waals surface area contributed by atoms with Gasteiger partial charge in [0, 0.05) is 6.61 Å². The summed E-state index contributed by atoms with van der Waals surface area (Å²) in [6.07, 6.45) is 8.42. The van der Waals surface area contributed by atoms with Gasteiger partial charge in [0.25, 0.3) is 0 Å². The Morgan fingerprint density at radius 3 is 2.15 bits per heavy atom. The summed E-state index contributed by atoms with van der Waals surface area (Å²) in [5, 5.41) is 10.9. The number of hydrogen-bond donors (Lipinski definition) is 1. The third kappa shape index (κ3) is 2.14. The van der Waals surface area contributed by atoms with Crippen molar-refractivity contribution in [3.63, 3.8) is 0 Å². The van der Waals surface area contributed by atoms with Crippen LogP contribution < -0.4 is 0 Å². The quantitative estimate of drug-likeness (QED) is 0.823. The summed E-state index contributed by atoms with van der Waals surface area (Å²) in [4.78, 5) is 0. The topological polar surface area (TPSA) is 29.5 Å². The molecule has 0 aromatic carbocycles. The van der Waals surface area contributed by atoms with Crippen LogP contribution in [0.15, 0.2) is 0 Å². The van der Waals surface area contributed by atoms with Crippen LogP contribution in [0.4, 0.5) is 0 Å². The van der Waals surface area contributed by atoms with Crippen molar-refractivity contribution in [1.82, 2.24) is 0 Å². The first-order valence-corrected chi connectivity index (χ1v) is 8.62. The van der Waals surface area contributed by atoms with Gasteiger partial charge < -0.3 is 9.84 Å². The molecule has 3 aliphatic rings. The fourth-order valence-electron chi connectivity index (χ4n) is 5.28. The Kier molecular flexibility index (Phi) is 3.49. The van der Waals surface area contributed by atoms with Crippen molar-refractivity contribution in [2.24, 2.45) is 22.7 Å². The van der Waals surface area contributed by atoms with Crippen LogP contribution in [-0.4, -0.2) is 23.4 Å². The van der Waals surface area contributed by atoms with Gasteiger partial charge in [-0.3, -0.25) is 0 Å². The molecule has 2 nitrogen and oxygen atoms in total. The number of rotatable bonds is 2. The Morgan fingerprint density at radius 1 is 1.00 bits per heavy atom. The van der Waals surface area contributed by atoms with Crippen molar-refractivity contribution in [3.8, 4) is 0 Å². The second-order valence-electron chi connectivity index (χ2n) is 8.76. The molecular formula is C18H32O2. The Hall–Kier alpha value is -0.0800. The van der Waals surface area contributed by atoms with Crippen LogP contribution in [0.2, 0.25) is 0 Å². The van der Waals surface area contributed by atoms with E-state index in [0.717, 1.165) is 19.4 Å². The zero-order chi connectivity index (χ0) is 14.6. The third-order valence-electron chi connectivity index (χ3n) is 7.25. The third-order valence-corrected chi connectivity index (χ3v) is 7.25. The zero-order valence-electron chi connectivity index (χ0n) is 13.7. The number of ether oxygens (including phenoxy) is 1. The van der Waals surface area contributed by atoms with Gasteiger partial charge in [-0.2, -0.15) is 0 Å². The second kappa shape index (κ2) is 4.71. The van der Waals surface area contributed by atoms with Gasteiger partial charge >= 0.3 is 0 Å². The smallest absolute Gasteiger partial charge is 0.0686 e. The maximum absolute atomic E-state index is 10.9. The van der Waals surface area contributed by atoms with Crippen molar-refractivity contribution < 1.29 is 9.84 Å². The van der Waals surface area contributed by atoms with E-state index in [4.69, 9.17) is 4.74 Å². The average molecular weight is 280 g/mol. The molecule has 0 aromatic heterocycles. The van der Waals surface area contributed by atoms with Gasteiger partial charge in [-0.15, -0.1) is 0 Å². The predicted molar refractivity (Wildman–Crippen MR) is 81.6 cm³/mol. The lowest BCUT2D eigenvalue weighted by Gasteiger charge is -2.45. The summed E-state index contributed by atoms with van der Waals surface area (Å²) in [5.74, 6) is 0.909.